The van der Waals surface area contributed by atoms with Gasteiger partial charge in [-0.3, -0.25) is 0 Å². The van der Waals surface area contributed by atoms with E-state index in [0.29, 0.717) is 0 Å². The summed E-state index contributed by atoms with van der Waals surface area (Å²) in [7, 11) is -0.470. The Labute approximate surface area is 100 Å². The summed E-state index contributed by atoms with van der Waals surface area (Å²) in [4.78, 5) is 0. The first kappa shape index (κ1) is 9.68. The Morgan fingerprint density at radius 2 is 0.938 bits per heavy atom. The molecule has 1 aliphatic heterocycles. The van der Waals surface area contributed by atoms with Gasteiger partial charge in [0.2, 0.25) is 19.7 Å². The van der Waals surface area contributed by atoms with E-state index < -0.39 is 0 Å². The summed E-state index contributed by atoms with van der Waals surface area (Å²) in [5.74, 6) is 0. The molecule has 0 aromatic heterocycles. The van der Waals surface area contributed by atoms with Crippen molar-refractivity contribution in [2.45, 2.75) is 0 Å². The van der Waals surface area contributed by atoms with Crippen molar-refractivity contribution >= 4 is 31.1 Å². The highest BCUT2D eigenvalue weighted by Gasteiger charge is 2.24. The fourth-order valence-electron chi connectivity index (χ4n) is 1.97. The Morgan fingerprint density at radius 1 is 0.562 bits per heavy atom. The molecular formula is C12H14N2Si2. The molecule has 2 nitrogen and oxygen atoms in total. The lowest BCUT2D eigenvalue weighted by atomic mass is 10.3. The third-order valence-corrected chi connectivity index (χ3v) is 8.15. The van der Waals surface area contributed by atoms with E-state index in [0.717, 1.165) is 0 Å². The van der Waals surface area contributed by atoms with Crippen molar-refractivity contribution < 1.29 is 0 Å². The minimum Gasteiger partial charge on any atom is -0.402 e. The minimum atomic E-state index is -0.235. The molecule has 0 aliphatic carbocycles. The highest BCUT2D eigenvalue weighted by atomic mass is 28.4. The number of anilines is 2. The monoisotopic (exact) mass is 242 g/mol. The van der Waals surface area contributed by atoms with Gasteiger partial charge in [-0.1, -0.05) is 36.4 Å². The quantitative estimate of drug-likeness (QED) is 0.725. The van der Waals surface area contributed by atoms with Crippen LogP contribution < -0.4 is 8.46 Å². The highest BCUT2D eigenvalue weighted by molar-refractivity contribution is 6.86. The maximum Gasteiger partial charge on any atom is 0.216 e. The second-order valence-corrected chi connectivity index (χ2v) is 9.44. The van der Waals surface area contributed by atoms with E-state index in [1.54, 1.807) is 0 Å². The van der Waals surface area contributed by atoms with Crippen LogP contribution in [-0.2, 0) is 0 Å². The first-order valence-electron chi connectivity index (χ1n) is 5.53. The molecule has 16 heavy (non-hydrogen) atoms. The van der Waals surface area contributed by atoms with Crippen LogP contribution in [0.15, 0.2) is 60.7 Å². The van der Waals surface area contributed by atoms with Gasteiger partial charge in [0.15, 0.2) is 0 Å². The molecule has 4 heteroatoms. The van der Waals surface area contributed by atoms with Crippen molar-refractivity contribution in [3.05, 3.63) is 60.7 Å². The smallest absolute Gasteiger partial charge is 0.216 e. The van der Waals surface area contributed by atoms with Crippen molar-refractivity contribution in [3.63, 3.8) is 0 Å². The average Bonchev–Trinajstić information content (AvgIpc) is 2.30. The minimum absolute atomic E-state index is 0.235. The molecule has 0 radical (unpaired) electrons. The predicted molar refractivity (Wildman–Crippen MR) is 74.9 cm³/mol. The van der Waals surface area contributed by atoms with E-state index in [-0.39, 0.29) is 19.7 Å². The summed E-state index contributed by atoms with van der Waals surface area (Å²) in [5, 5.41) is 0. The topological polar surface area (TPSA) is 6.48 Å². The van der Waals surface area contributed by atoms with E-state index in [9.17, 15) is 0 Å². The van der Waals surface area contributed by atoms with E-state index in [2.05, 4.69) is 69.1 Å². The summed E-state index contributed by atoms with van der Waals surface area (Å²) in [5.41, 5.74) is 2.85. The fourth-order valence-corrected chi connectivity index (χ4v) is 6.01. The van der Waals surface area contributed by atoms with E-state index >= 15 is 0 Å². The lowest BCUT2D eigenvalue weighted by molar-refractivity contribution is 1.36. The van der Waals surface area contributed by atoms with Crippen LogP contribution in [-0.4, -0.2) is 19.7 Å². The van der Waals surface area contributed by atoms with Crippen LogP contribution >= 0.6 is 0 Å². The zero-order chi connectivity index (χ0) is 10.8. The van der Waals surface area contributed by atoms with Gasteiger partial charge in [-0.25, -0.2) is 0 Å². The fraction of sp³-hybridized carbons (Fsp3) is 0. The third kappa shape index (κ3) is 1.77. The lowest BCUT2D eigenvalue weighted by Crippen LogP contribution is -2.62. The molecule has 0 saturated carbocycles. The Bertz CT molecular complexity index is 411. The SMILES string of the molecule is c1ccc(N2[SiH2]N(c3ccccc3)[SiH2]2)cc1. The highest BCUT2D eigenvalue weighted by Crippen LogP contribution is 2.22. The van der Waals surface area contributed by atoms with Gasteiger partial charge in [0.1, 0.15) is 0 Å². The molecule has 0 spiro atoms. The first-order valence-corrected chi connectivity index (χ1v) is 8.06. The first-order chi connectivity index (χ1) is 7.93. The Balaban J connectivity index is 1.68. The molecule has 0 bridgehead atoms. The van der Waals surface area contributed by atoms with Gasteiger partial charge in [0.05, 0.1) is 0 Å². The van der Waals surface area contributed by atoms with E-state index in [1.807, 2.05) is 0 Å². The molecule has 0 atom stereocenters. The number of nitrogens with zero attached hydrogens (tertiary/aromatic N) is 2. The van der Waals surface area contributed by atoms with Crippen LogP contribution in [0.3, 0.4) is 0 Å². The number of rotatable bonds is 2. The van der Waals surface area contributed by atoms with Crippen LogP contribution in [0.5, 0.6) is 0 Å². The van der Waals surface area contributed by atoms with E-state index in [4.69, 9.17) is 0 Å². The maximum absolute atomic E-state index is 2.63. The van der Waals surface area contributed by atoms with Crippen LogP contribution in [0, 0.1) is 0 Å². The number of para-hydroxylation sites is 2. The Morgan fingerprint density at radius 3 is 1.31 bits per heavy atom. The van der Waals surface area contributed by atoms with Crippen molar-refractivity contribution in [2.24, 2.45) is 0 Å². The lowest BCUT2D eigenvalue weighted by Gasteiger charge is -2.45. The maximum atomic E-state index is 2.63. The van der Waals surface area contributed by atoms with Gasteiger partial charge >= 0.3 is 0 Å². The van der Waals surface area contributed by atoms with Gasteiger partial charge in [0.25, 0.3) is 0 Å². The molecule has 80 valence electrons. The summed E-state index contributed by atoms with van der Waals surface area (Å²) < 4.78 is 5.26. The molecular weight excluding hydrogens is 228 g/mol. The summed E-state index contributed by atoms with van der Waals surface area (Å²) in [6.45, 7) is 0. The van der Waals surface area contributed by atoms with Crippen molar-refractivity contribution in [1.29, 1.82) is 0 Å². The summed E-state index contributed by atoms with van der Waals surface area (Å²) in [6.07, 6.45) is 0. The Hall–Kier alpha value is -1.53. The van der Waals surface area contributed by atoms with E-state index in [1.165, 1.54) is 11.4 Å². The molecule has 1 heterocycles. The van der Waals surface area contributed by atoms with Crippen LogP contribution in [0.4, 0.5) is 11.4 Å². The van der Waals surface area contributed by atoms with Crippen LogP contribution in [0.2, 0.25) is 0 Å². The normalized spacial score (nSPS) is 17.8. The molecule has 0 amide bonds. The molecule has 0 unspecified atom stereocenters. The number of hydrogen-bond acceptors (Lipinski definition) is 2. The number of hydrogen-bond donors (Lipinski definition) is 0. The second-order valence-electron chi connectivity index (χ2n) is 4.03. The van der Waals surface area contributed by atoms with Crippen molar-refractivity contribution in [1.82, 2.24) is 0 Å². The molecule has 1 saturated heterocycles. The van der Waals surface area contributed by atoms with Crippen LogP contribution in [0.25, 0.3) is 0 Å². The predicted octanol–water partition coefficient (Wildman–Crippen LogP) is 1.01. The van der Waals surface area contributed by atoms with Gasteiger partial charge in [-0.05, 0) is 24.3 Å². The largest absolute Gasteiger partial charge is 0.402 e. The van der Waals surface area contributed by atoms with Gasteiger partial charge in [-0.2, -0.15) is 0 Å². The molecule has 1 aliphatic rings. The van der Waals surface area contributed by atoms with Crippen molar-refractivity contribution in [2.75, 3.05) is 8.46 Å². The summed E-state index contributed by atoms with van der Waals surface area (Å²) in [6, 6.07) is 21.6. The molecule has 3 rings (SSSR count). The van der Waals surface area contributed by atoms with Gasteiger partial charge in [-0.15, -0.1) is 0 Å². The molecule has 1 fully saturated rings. The van der Waals surface area contributed by atoms with Crippen LogP contribution in [0.1, 0.15) is 0 Å². The summed E-state index contributed by atoms with van der Waals surface area (Å²) >= 11 is 0. The standard InChI is InChI=1S/C12H14N2Si2/c1-3-7-11(8-4-1)13-15-14(16-13)12-9-5-2-6-10-12/h1-10H,15-16H2. The second kappa shape index (κ2) is 4.15. The molecule has 0 N–H and O–H groups in total. The number of benzene rings is 2. The zero-order valence-electron chi connectivity index (χ0n) is 9.08. The van der Waals surface area contributed by atoms with Gasteiger partial charge in [0, 0.05) is 11.4 Å². The third-order valence-electron chi connectivity index (χ3n) is 2.93. The zero-order valence-corrected chi connectivity index (χ0v) is 11.9. The molecule has 2 aromatic carbocycles. The van der Waals surface area contributed by atoms with Gasteiger partial charge < -0.3 is 8.46 Å². The Kier molecular flexibility index (Phi) is 2.51. The average molecular weight is 242 g/mol. The van der Waals surface area contributed by atoms with Crippen molar-refractivity contribution in [3.8, 4) is 0 Å². The molecule has 2 aromatic rings.